The smallest absolute Gasteiger partial charge is 0.119 e. The van der Waals surface area contributed by atoms with Gasteiger partial charge in [-0.1, -0.05) is 18.6 Å². The number of hydrogen-bond acceptors (Lipinski definition) is 3. The molecule has 16 heavy (non-hydrogen) atoms. The van der Waals surface area contributed by atoms with Crippen LogP contribution in [0.5, 0.6) is 0 Å². The van der Waals surface area contributed by atoms with Crippen LogP contribution in [0.1, 0.15) is 30.7 Å². The van der Waals surface area contributed by atoms with Crippen molar-refractivity contribution in [3.8, 4) is 0 Å². The number of unbranched alkanes of at least 4 members (excludes halogenated alkanes) is 3. The van der Waals surface area contributed by atoms with E-state index < -0.39 is 0 Å². The number of aryl methyl sites for hydroxylation is 1. The Morgan fingerprint density at radius 3 is 2.88 bits per heavy atom. The van der Waals surface area contributed by atoms with E-state index in [2.05, 4.69) is 17.1 Å². The standard InChI is InChI=1S/C13H15NOS/c15-10-6-2-1-3-9-13-14-11-7-4-5-8-12(11)16-13/h4-5,7-8,10H,1-3,6,9H2. The second-order valence-electron chi connectivity index (χ2n) is 3.84. The summed E-state index contributed by atoms with van der Waals surface area (Å²) in [6.07, 6.45) is 5.99. The van der Waals surface area contributed by atoms with Crippen LogP contribution in [0.3, 0.4) is 0 Å². The van der Waals surface area contributed by atoms with E-state index >= 15 is 0 Å². The average Bonchev–Trinajstić information content (AvgIpc) is 2.71. The SMILES string of the molecule is O=CCCCCCc1nc2ccccc2s1. The lowest BCUT2D eigenvalue weighted by molar-refractivity contribution is -0.107. The molecule has 2 aromatic rings. The van der Waals surface area contributed by atoms with E-state index in [1.807, 2.05) is 12.1 Å². The first-order chi connectivity index (χ1) is 7.90. The Hall–Kier alpha value is -1.22. The third-order valence-electron chi connectivity index (χ3n) is 2.55. The van der Waals surface area contributed by atoms with Crippen LogP contribution in [-0.2, 0) is 11.2 Å². The highest BCUT2D eigenvalue weighted by Crippen LogP contribution is 2.22. The van der Waals surface area contributed by atoms with Gasteiger partial charge in [-0.05, 0) is 31.4 Å². The fraction of sp³-hybridized carbons (Fsp3) is 0.385. The van der Waals surface area contributed by atoms with Crippen molar-refractivity contribution in [2.75, 3.05) is 0 Å². The van der Waals surface area contributed by atoms with Gasteiger partial charge in [0.05, 0.1) is 15.2 Å². The van der Waals surface area contributed by atoms with Gasteiger partial charge < -0.3 is 4.79 Å². The van der Waals surface area contributed by atoms with Crippen molar-refractivity contribution < 1.29 is 4.79 Å². The zero-order valence-corrected chi connectivity index (χ0v) is 10.0. The molecule has 2 nitrogen and oxygen atoms in total. The maximum Gasteiger partial charge on any atom is 0.119 e. The molecule has 0 fully saturated rings. The Morgan fingerprint density at radius 1 is 1.19 bits per heavy atom. The van der Waals surface area contributed by atoms with Gasteiger partial charge in [-0.2, -0.15) is 0 Å². The summed E-state index contributed by atoms with van der Waals surface area (Å²) in [5, 5.41) is 1.22. The maximum atomic E-state index is 10.1. The summed E-state index contributed by atoms with van der Waals surface area (Å²) < 4.78 is 1.27. The van der Waals surface area contributed by atoms with Gasteiger partial charge >= 0.3 is 0 Å². The zero-order valence-electron chi connectivity index (χ0n) is 9.19. The van der Waals surface area contributed by atoms with E-state index in [1.165, 1.54) is 9.71 Å². The number of hydrogen-bond donors (Lipinski definition) is 0. The highest BCUT2D eigenvalue weighted by atomic mass is 32.1. The number of para-hydroxylation sites is 1. The topological polar surface area (TPSA) is 30.0 Å². The van der Waals surface area contributed by atoms with E-state index in [1.54, 1.807) is 11.3 Å². The number of aromatic nitrogens is 1. The number of carbonyl (C=O) groups is 1. The molecular formula is C13H15NOS. The van der Waals surface area contributed by atoms with E-state index in [4.69, 9.17) is 0 Å². The summed E-state index contributed by atoms with van der Waals surface area (Å²) in [6.45, 7) is 0. The van der Waals surface area contributed by atoms with Crippen LogP contribution in [-0.4, -0.2) is 11.3 Å². The lowest BCUT2D eigenvalue weighted by Gasteiger charge is -1.94. The van der Waals surface area contributed by atoms with Crippen molar-refractivity contribution in [2.45, 2.75) is 32.1 Å². The molecule has 0 bridgehead atoms. The Bertz CT molecular complexity index is 431. The highest BCUT2D eigenvalue weighted by molar-refractivity contribution is 7.18. The van der Waals surface area contributed by atoms with Gasteiger partial charge in [-0.3, -0.25) is 0 Å². The maximum absolute atomic E-state index is 10.1. The van der Waals surface area contributed by atoms with Crippen LogP contribution in [0.25, 0.3) is 10.2 Å². The number of rotatable bonds is 6. The zero-order chi connectivity index (χ0) is 11.2. The first-order valence-corrected chi connectivity index (χ1v) is 6.50. The van der Waals surface area contributed by atoms with Crippen molar-refractivity contribution in [2.24, 2.45) is 0 Å². The normalized spacial score (nSPS) is 10.8. The van der Waals surface area contributed by atoms with E-state index in [0.29, 0.717) is 6.42 Å². The first-order valence-electron chi connectivity index (χ1n) is 5.68. The number of fused-ring (bicyclic) bond motifs is 1. The summed E-state index contributed by atoms with van der Waals surface area (Å²) >= 11 is 1.78. The molecular weight excluding hydrogens is 218 g/mol. The summed E-state index contributed by atoms with van der Waals surface area (Å²) in [4.78, 5) is 14.7. The van der Waals surface area contributed by atoms with Crippen LogP contribution in [0.15, 0.2) is 24.3 Å². The van der Waals surface area contributed by atoms with Crippen molar-refractivity contribution in [1.82, 2.24) is 4.98 Å². The molecule has 2 rings (SSSR count). The molecule has 3 heteroatoms. The number of benzene rings is 1. The van der Waals surface area contributed by atoms with Crippen molar-refractivity contribution >= 4 is 27.8 Å². The minimum Gasteiger partial charge on any atom is -0.303 e. The molecule has 0 aliphatic carbocycles. The molecule has 0 atom stereocenters. The Balaban J connectivity index is 1.87. The molecule has 0 unspecified atom stereocenters. The molecule has 0 amide bonds. The molecule has 0 N–H and O–H groups in total. The summed E-state index contributed by atoms with van der Waals surface area (Å²) in [5.41, 5.74) is 1.11. The van der Waals surface area contributed by atoms with E-state index in [-0.39, 0.29) is 0 Å². The Morgan fingerprint density at radius 2 is 2.06 bits per heavy atom. The molecule has 0 aliphatic heterocycles. The second-order valence-corrected chi connectivity index (χ2v) is 4.96. The quantitative estimate of drug-likeness (QED) is 0.563. The molecule has 1 aromatic heterocycles. The van der Waals surface area contributed by atoms with Gasteiger partial charge in [0.1, 0.15) is 6.29 Å². The van der Waals surface area contributed by atoms with Gasteiger partial charge in [0, 0.05) is 6.42 Å². The van der Waals surface area contributed by atoms with Crippen LogP contribution in [0, 0.1) is 0 Å². The molecule has 1 heterocycles. The van der Waals surface area contributed by atoms with Crippen LogP contribution >= 0.6 is 11.3 Å². The van der Waals surface area contributed by atoms with Crippen molar-refractivity contribution in [3.05, 3.63) is 29.3 Å². The monoisotopic (exact) mass is 233 g/mol. The predicted molar refractivity (Wildman–Crippen MR) is 67.9 cm³/mol. The van der Waals surface area contributed by atoms with Crippen LogP contribution in [0.2, 0.25) is 0 Å². The van der Waals surface area contributed by atoms with Crippen LogP contribution < -0.4 is 0 Å². The average molecular weight is 233 g/mol. The Kier molecular flexibility index (Phi) is 4.05. The third-order valence-corrected chi connectivity index (χ3v) is 3.65. The first kappa shape index (κ1) is 11.3. The third kappa shape index (κ3) is 2.89. The summed E-state index contributed by atoms with van der Waals surface area (Å²) in [6, 6.07) is 8.24. The molecule has 0 spiro atoms. The minimum atomic E-state index is 0.694. The molecule has 0 saturated carbocycles. The number of aldehydes is 1. The van der Waals surface area contributed by atoms with Gasteiger partial charge in [0.15, 0.2) is 0 Å². The van der Waals surface area contributed by atoms with E-state index in [0.717, 1.165) is 37.5 Å². The van der Waals surface area contributed by atoms with Gasteiger partial charge in [-0.25, -0.2) is 4.98 Å². The molecule has 0 saturated heterocycles. The lowest BCUT2D eigenvalue weighted by Crippen LogP contribution is -1.85. The number of carbonyl (C=O) groups excluding carboxylic acids is 1. The predicted octanol–water partition coefficient (Wildman–Crippen LogP) is 3.60. The molecule has 1 aromatic carbocycles. The second kappa shape index (κ2) is 5.75. The number of thiazole rings is 1. The Labute approximate surface area is 99.3 Å². The largest absolute Gasteiger partial charge is 0.303 e. The fourth-order valence-corrected chi connectivity index (χ4v) is 2.72. The van der Waals surface area contributed by atoms with Crippen LogP contribution in [0.4, 0.5) is 0 Å². The lowest BCUT2D eigenvalue weighted by atomic mass is 10.2. The molecule has 0 aliphatic rings. The fourth-order valence-electron chi connectivity index (χ4n) is 1.71. The molecule has 0 radical (unpaired) electrons. The number of nitrogens with zero attached hydrogens (tertiary/aromatic N) is 1. The van der Waals surface area contributed by atoms with Crippen molar-refractivity contribution in [1.29, 1.82) is 0 Å². The van der Waals surface area contributed by atoms with Gasteiger partial charge in [-0.15, -0.1) is 11.3 Å². The summed E-state index contributed by atoms with van der Waals surface area (Å²) in [7, 11) is 0. The van der Waals surface area contributed by atoms with Crippen molar-refractivity contribution in [3.63, 3.8) is 0 Å². The van der Waals surface area contributed by atoms with E-state index in [9.17, 15) is 4.79 Å². The van der Waals surface area contributed by atoms with Gasteiger partial charge in [0.25, 0.3) is 0 Å². The minimum absolute atomic E-state index is 0.694. The van der Waals surface area contributed by atoms with Gasteiger partial charge in [0.2, 0.25) is 0 Å². The molecule has 84 valence electrons. The summed E-state index contributed by atoms with van der Waals surface area (Å²) in [5.74, 6) is 0. The highest BCUT2D eigenvalue weighted by Gasteiger charge is 2.02.